The number of fused-ring (bicyclic) bond motifs is 3. The molecule has 1 aliphatic rings. The molecule has 0 aliphatic heterocycles. The van der Waals surface area contributed by atoms with Gasteiger partial charge in [-0.1, -0.05) is 48.5 Å². The Labute approximate surface area is 174 Å². The Balaban J connectivity index is 1.49. The monoisotopic (exact) mass is 402 g/mol. The van der Waals surface area contributed by atoms with E-state index < -0.39 is 18.1 Å². The molecule has 0 fully saturated rings. The zero-order valence-electron chi connectivity index (χ0n) is 16.5. The summed E-state index contributed by atoms with van der Waals surface area (Å²) < 4.78 is 5.55. The van der Waals surface area contributed by atoms with Crippen molar-refractivity contribution < 1.29 is 19.4 Å². The topological polar surface area (TPSA) is 88.5 Å². The summed E-state index contributed by atoms with van der Waals surface area (Å²) in [7, 11) is 0. The summed E-state index contributed by atoms with van der Waals surface area (Å²) >= 11 is 0. The summed E-state index contributed by atoms with van der Waals surface area (Å²) in [5.41, 5.74) is 6.06. The molecule has 0 radical (unpaired) electrons. The molecule has 152 valence electrons. The number of carboxylic acids is 1. The van der Waals surface area contributed by atoms with Crippen LogP contribution in [0.4, 0.5) is 4.79 Å². The van der Waals surface area contributed by atoms with E-state index in [1.165, 1.54) is 0 Å². The van der Waals surface area contributed by atoms with Gasteiger partial charge in [0.2, 0.25) is 0 Å². The first-order chi connectivity index (χ1) is 14.5. The standard InChI is InChI=1S/C24H22N2O4/c1-15-10-11-25-13-20(15)22(12-23(27)28)26-24(29)30-14-21-18-8-4-2-6-16(18)17-7-3-5-9-19(17)21/h2-11,13,21-22H,12,14H2,1H3,(H,26,29)(H,27,28)/t22-/m1/s1. The number of carbonyl (C=O) groups excluding carboxylic acids is 1. The number of alkyl carbamates (subject to hydrolysis) is 1. The molecule has 2 aromatic carbocycles. The molecule has 2 N–H and O–H groups in total. The zero-order chi connectivity index (χ0) is 21.1. The fourth-order valence-corrected chi connectivity index (χ4v) is 4.04. The Morgan fingerprint density at radius 2 is 1.70 bits per heavy atom. The lowest BCUT2D eigenvalue weighted by atomic mass is 9.98. The number of nitrogens with zero attached hydrogens (tertiary/aromatic N) is 1. The lowest BCUT2D eigenvalue weighted by Crippen LogP contribution is -2.32. The van der Waals surface area contributed by atoms with Crippen LogP contribution in [-0.2, 0) is 9.53 Å². The number of carbonyl (C=O) groups is 2. The summed E-state index contributed by atoms with van der Waals surface area (Å²) in [5.74, 6) is -1.07. The molecule has 1 heterocycles. The molecule has 4 rings (SSSR count). The first-order valence-electron chi connectivity index (χ1n) is 9.78. The Morgan fingerprint density at radius 1 is 1.07 bits per heavy atom. The molecule has 0 bridgehead atoms. The predicted molar refractivity (Wildman–Crippen MR) is 112 cm³/mol. The van der Waals surface area contributed by atoms with E-state index in [4.69, 9.17) is 4.74 Å². The van der Waals surface area contributed by atoms with Crippen molar-refractivity contribution in [1.82, 2.24) is 10.3 Å². The molecular formula is C24H22N2O4. The van der Waals surface area contributed by atoms with Crippen molar-refractivity contribution in [2.45, 2.75) is 25.3 Å². The van der Waals surface area contributed by atoms with Crippen molar-refractivity contribution in [2.24, 2.45) is 0 Å². The van der Waals surface area contributed by atoms with Crippen LogP contribution >= 0.6 is 0 Å². The lowest BCUT2D eigenvalue weighted by molar-refractivity contribution is -0.137. The third-order valence-electron chi connectivity index (χ3n) is 5.47. The number of benzene rings is 2. The molecule has 0 unspecified atom stereocenters. The van der Waals surface area contributed by atoms with Gasteiger partial charge in [0.05, 0.1) is 12.5 Å². The quantitative estimate of drug-likeness (QED) is 0.636. The van der Waals surface area contributed by atoms with Gasteiger partial charge in [0.15, 0.2) is 0 Å². The van der Waals surface area contributed by atoms with Gasteiger partial charge < -0.3 is 15.2 Å². The van der Waals surface area contributed by atoms with E-state index in [2.05, 4.69) is 22.4 Å². The maximum absolute atomic E-state index is 12.6. The highest BCUT2D eigenvalue weighted by molar-refractivity contribution is 5.79. The third-order valence-corrected chi connectivity index (χ3v) is 5.47. The van der Waals surface area contributed by atoms with Crippen LogP contribution in [0, 0.1) is 6.92 Å². The maximum Gasteiger partial charge on any atom is 0.407 e. The van der Waals surface area contributed by atoms with Crippen molar-refractivity contribution >= 4 is 12.1 Å². The molecule has 1 aliphatic carbocycles. The second-order valence-electron chi connectivity index (χ2n) is 7.35. The van der Waals surface area contributed by atoms with Gasteiger partial charge in [-0.2, -0.15) is 0 Å². The number of aliphatic carboxylic acids is 1. The van der Waals surface area contributed by atoms with Gasteiger partial charge in [-0.25, -0.2) is 4.79 Å². The van der Waals surface area contributed by atoms with E-state index in [0.717, 1.165) is 27.8 Å². The van der Waals surface area contributed by atoms with Gasteiger partial charge >= 0.3 is 12.1 Å². The normalized spacial score (nSPS) is 13.2. The molecule has 1 aromatic heterocycles. The second-order valence-corrected chi connectivity index (χ2v) is 7.35. The van der Waals surface area contributed by atoms with Crippen LogP contribution in [0.1, 0.15) is 40.6 Å². The average Bonchev–Trinajstić information content (AvgIpc) is 3.06. The van der Waals surface area contributed by atoms with Crippen LogP contribution in [0.5, 0.6) is 0 Å². The highest BCUT2D eigenvalue weighted by Crippen LogP contribution is 2.44. The number of hydrogen-bond acceptors (Lipinski definition) is 4. The molecule has 6 heteroatoms. The number of aryl methyl sites for hydroxylation is 1. The zero-order valence-corrected chi connectivity index (χ0v) is 16.5. The molecule has 6 nitrogen and oxygen atoms in total. The van der Waals surface area contributed by atoms with Crippen LogP contribution in [0.15, 0.2) is 67.0 Å². The van der Waals surface area contributed by atoms with Gasteiger partial charge in [-0.15, -0.1) is 0 Å². The Morgan fingerprint density at radius 3 is 2.30 bits per heavy atom. The first-order valence-corrected chi connectivity index (χ1v) is 9.78. The number of nitrogens with one attached hydrogen (secondary N) is 1. The summed E-state index contributed by atoms with van der Waals surface area (Å²) in [6.45, 7) is 2.02. The molecule has 1 amide bonds. The van der Waals surface area contributed by atoms with Crippen LogP contribution in [-0.4, -0.2) is 28.8 Å². The smallest absolute Gasteiger partial charge is 0.407 e. The highest BCUT2D eigenvalue weighted by atomic mass is 16.5. The van der Waals surface area contributed by atoms with Crippen LogP contribution in [0.25, 0.3) is 11.1 Å². The number of rotatable bonds is 6. The van der Waals surface area contributed by atoms with Crippen molar-refractivity contribution in [3.63, 3.8) is 0 Å². The fraction of sp³-hybridized carbons (Fsp3) is 0.208. The summed E-state index contributed by atoms with van der Waals surface area (Å²) in [4.78, 5) is 27.9. The largest absolute Gasteiger partial charge is 0.481 e. The van der Waals surface area contributed by atoms with Crippen molar-refractivity contribution in [1.29, 1.82) is 0 Å². The van der Waals surface area contributed by atoms with Crippen LogP contribution in [0.3, 0.4) is 0 Å². The van der Waals surface area contributed by atoms with E-state index in [9.17, 15) is 14.7 Å². The molecule has 30 heavy (non-hydrogen) atoms. The van der Waals surface area contributed by atoms with Gasteiger partial charge in [0.25, 0.3) is 0 Å². The van der Waals surface area contributed by atoms with Crippen LogP contribution in [0.2, 0.25) is 0 Å². The van der Waals surface area contributed by atoms with Crippen molar-refractivity contribution in [3.8, 4) is 11.1 Å². The van der Waals surface area contributed by atoms with Gasteiger partial charge in [-0.05, 0) is 46.4 Å². The number of ether oxygens (including phenoxy) is 1. The van der Waals surface area contributed by atoms with E-state index in [-0.39, 0.29) is 18.9 Å². The molecule has 0 spiro atoms. The van der Waals surface area contributed by atoms with Crippen LogP contribution < -0.4 is 5.32 Å². The molecule has 3 aromatic rings. The number of hydrogen-bond donors (Lipinski definition) is 2. The van der Waals surface area contributed by atoms with E-state index in [1.54, 1.807) is 18.5 Å². The molecule has 1 atom stereocenters. The number of carboxylic acid groups (broad SMARTS) is 1. The van der Waals surface area contributed by atoms with Gasteiger partial charge in [0.1, 0.15) is 6.61 Å². The first kappa shape index (κ1) is 19.6. The van der Waals surface area contributed by atoms with Gasteiger partial charge in [0, 0.05) is 18.3 Å². The third kappa shape index (κ3) is 3.89. The number of aromatic nitrogens is 1. The second kappa shape index (κ2) is 8.37. The summed E-state index contributed by atoms with van der Waals surface area (Å²) in [6.07, 6.45) is 2.30. The Bertz CT molecular complexity index is 1050. The molecule has 0 saturated carbocycles. The SMILES string of the molecule is Cc1ccncc1[C@@H](CC(=O)O)NC(=O)OCC1c2ccccc2-c2ccccc21. The molecular weight excluding hydrogens is 380 g/mol. The minimum Gasteiger partial charge on any atom is -0.481 e. The molecule has 0 saturated heterocycles. The van der Waals surface area contributed by atoms with Crippen molar-refractivity contribution in [3.05, 3.63) is 89.2 Å². The maximum atomic E-state index is 12.6. The fourth-order valence-electron chi connectivity index (χ4n) is 4.04. The number of amides is 1. The minimum absolute atomic E-state index is 0.0544. The van der Waals surface area contributed by atoms with E-state index >= 15 is 0 Å². The Hall–Kier alpha value is -3.67. The van der Waals surface area contributed by atoms with Gasteiger partial charge in [-0.3, -0.25) is 9.78 Å². The van der Waals surface area contributed by atoms with Crippen molar-refractivity contribution in [2.75, 3.05) is 6.61 Å². The average molecular weight is 402 g/mol. The van der Waals surface area contributed by atoms with E-state index in [0.29, 0.717) is 5.56 Å². The number of pyridine rings is 1. The highest BCUT2D eigenvalue weighted by Gasteiger charge is 2.29. The lowest BCUT2D eigenvalue weighted by Gasteiger charge is -2.20. The minimum atomic E-state index is -1.01. The van der Waals surface area contributed by atoms with E-state index in [1.807, 2.05) is 43.3 Å². The summed E-state index contributed by atoms with van der Waals surface area (Å²) in [6, 6.07) is 17.3. The summed E-state index contributed by atoms with van der Waals surface area (Å²) in [5, 5.41) is 12.0. The Kier molecular flexibility index (Phi) is 5.48. The predicted octanol–water partition coefficient (Wildman–Crippen LogP) is 4.44.